The van der Waals surface area contributed by atoms with Crippen molar-refractivity contribution in [1.29, 1.82) is 0 Å². The van der Waals surface area contributed by atoms with Crippen LogP contribution in [0.1, 0.15) is 17.7 Å². The lowest BCUT2D eigenvalue weighted by Crippen LogP contribution is -2.27. The third-order valence-electron chi connectivity index (χ3n) is 3.00. The molecule has 106 valence electrons. The zero-order valence-corrected chi connectivity index (χ0v) is 12.5. The van der Waals surface area contributed by atoms with Crippen molar-refractivity contribution in [1.82, 2.24) is 25.5 Å². The van der Waals surface area contributed by atoms with Gasteiger partial charge in [-0.2, -0.15) is 0 Å². The van der Waals surface area contributed by atoms with Gasteiger partial charge in [-0.15, -0.1) is 16.4 Å². The summed E-state index contributed by atoms with van der Waals surface area (Å²) in [6.07, 6.45) is 2.49. The summed E-state index contributed by atoms with van der Waals surface area (Å²) in [6.45, 7) is 1.45. The van der Waals surface area contributed by atoms with Gasteiger partial charge in [-0.25, -0.2) is 4.68 Å². The molecular weight excluding hydrogens is 294 g/mol. The lowest BCUT2D eigenvalue weighted by molar-refractivity contribution is -0.118. The Morgan fingerprint density at radius 2 is 2.45 bits per heavy atom. The van der Waals surface area contributed by atoms with Crippen molar-refractivity contribution < 1.29 is 4.79 Å². The first-order valence-electron chi connectivity index (χ1n) is 6.49. The largest absolute Gasteiger partial charge is 0.355 e. The number of nitrogens with one attached hydrogen (secondary N) is 1. The molecule has 0 aromatic carbocycles. The lowest BCUT2D eigenvalue weighted by Gasteiger charge is -2.04. The third-order valence-corrected chi connectivity index (χ3v) is 4.82. The molecule has 1 N–H and O–H groups in total. The van der Waals surface area contributed by atoms with E-state index in [0.29, 0.717) is 23.4 Å². The summed E-state index contributed by atoms with van der Waals surface area (Å²) in [7, 11) is 0. The Bertz CT molecular complexity index is 564. The highest BCUT2D eigenvalue weighted by atomic mass is 32.2. The lowest BCUT2D eigenvalue weighted by atomic mass is 10.4. The number of hydrogen-bond acceptors (Lipinski definition) is 6. The summed E-state index contributed by atoms with van der Waals surface area (Å²) in [5.74, 6) is 1.11. The first kappa shape index (κ1) is 13.6. The minimum Gasteiger partial charge on any atom is -0.355 e. The molecule has 1 aliphatic rings. The number of carbonyl (C=O) groups is 1. The number of thiophene rings is 1. The Morgan fingerprint density at radius 1 is 1.55 bits per heavy atom. The number of thioether (sulfide) groups is 1. The quantitative estimate of drug-likeness (QED) is 0.783. The number of aromatic nitrogens is 4. The van der Waals surface area contributed by atoms with Crippen molar-refractivity contribution in [3.63, 3.8) is 0 Å². The Balaban J connectivity index is 1.49. The first-order valence-corrected chi connectivity index (χ1v) is 8.36. The van der Waals surface area contributed by atoms with E-state index in [4.69, 9.17) is 0 Å². The van der Waals surface area contributed by atoms with Gasteiger partial charge in [0.1, 0.15) is 0 Å². The molecule has 6 nitrogen and oxygen atoms in total. The number of tetrazole rings is 1. The summed E-state index contributed by atoms with van der Waals surface area (Å²) in [5, 5.41) is 17.3. The van der Waals surface area contributed by atoms with Crippen molar-refractivity contribution in [2.45, 2.75) is 24.5 Å². The van der Waals surface area contributed by atoms with Crippen LogP contribution in [0.4, 0.5) is 0 Å². The van der Waals surface area contributed by atoms with Crippen LogP contribution >= 0.6 is 23.1 Å². The van der Waals surface area contributed by atoms with E-state index in [1.807, 2.05) is 17.5 Å². The van der Waals surface area contributed by atoms with Gasteiger partial charge in [0.05, 0.1) is 12.3 Å². The molecule has 0 atom stereocenters. The monoisotopic (exact) mass is 309 g/mol. The first-order chi connectivity index (χ1) is 9.81. The van der Waals surface area contributed by atoms with Gasteiger partial charge in [-0.1, -0.05) is 17.8 Å². The maximum atomic E-state index is 11.7. The molecule has 0 radical (unpaired) electrons. The van der Waals surface area contributed by atoms with Crippen LogP contribution in [0.3, 0.4) is 0 Å². The van der Waals surface area contributed by atoms with E-state index in [-0.39, 0.29) is 5.91 Å². The van der Waals surface area contributed by atoms with Gasteiger partial charge in [0.2, 0.25) is 11.1 Å². The minimum absolute atomic E-state index is 0.0487. The van der Waals surface area contributed by atoms with Crippen molar-refractivity contribution in [3.05, 3.63) is 22.4 Å². The molecule has 2 heterocycles. The molecule has 0 aliphatic heterocycles. The highest BCUT2D eigenvalue weighted by molar-refractivity contribution is 7.99. The Morgan fingerprint density at radius 3 is 3.20 bits per heavy atom. The van der Waals surface area contributed by atoms with E-state index in [1.54, 1.807) is 16.0 Å². The van der Waals surface area contributed by atoms with Crippen LogP contribution in [0.5, 0.6) is 0 Å². The molecule has 8 heteroatoms. The van der Waals surface area contributed by atoms with Gasteiger partial charge < -0.3 is 5.32 Å². The summed E-state index contributed by atoms with van der Waals surface area (Å²) < 4.78 is 1.73. The molecule has 0 unspecified atom stereocenters. The number of carbonyl (C=O) groups excluding carboxylic acids is 1. The van der Waals surface area contributed by atoms with E-state index in [9.17, 15) is 4.79 Å². The Kier molecular flexibility index (Phi) is 4.31. The van der Waals surface area contributed by atoms with E-state index in [1.165, 1.54) is 29.5 Å². The van der Waals surface area contributed by atoms with Crippen molar-refractivity contribution in [2.75, 3.05) is 12.3 Å². The summed E-state index contributed by atoms with van der Waals surface area (Å²) in [4.78, 5) is 12.9. The van der Waals surface area contributed by atoms with Crippen LogP contribution in [0, 0.1) is 5.92 Å². The van der Waals surface area contributed by atoms with Gasteiger partial charge in [0, 0.05) is 11.4 Å². The maximum absolute atomic E-state index is 11.7. The summed E-state index contributed by atoms with van der Waals surface area (Å²) in [6, 6.07) is 4.05. The Hall–Kier alpha value is -1.41. The van der Waals surface area contributed by atoms with E-state index in [0.717, 1.165) is 6.54 Å². The van der Waals surface area contributed by atoms with Gasteiger partial charge in [-0.05, 0) is 40.6 Å². The van der Waals surface area contributed by atoms with Crippen molar-refractivity contribution in [2.24, 2.45) is 5.92 Å². The second-order valence-corrected chi connectivity index (χ2v) is 6.71. The molecular formula is C12H15N5OS2. The second-order valence-electron chi connectivity index (χ2n) is 4.73. The maximum Gasteiger partial charge on any atom is 0.230 e. The highest BCUT2D eigenvalue weighted by Crippen LogP contribution is 2.27. The molecule has 0 bridgehead atoms. The smallest absolute Gasteiger partial charge is 0.230 e. The zero-order chi connectivity index (χ0) is 13.8. The molecule has 1 amide bonds. The van der Waals surface area contributed by atoms with Crippen LogP contribution in [0.2, 0.25) is 0 Å². The zero-order valence-electron chi connectivity index (χ0n) is 10.9. The summed E-state index contributed by atoms with van der Waals surface area (Å²) in [5.41, 5.74) is 0. The predicted octanol–water partition coefficient (Wildman–Crippen LogP) is 1.40. The fourth-order valence-corrected chi connectivity index (χ4v) is 3.10. The molecule has 1 aliphatic carbocycles. The summed E-state index contributed by atoms with van der Waals surface area (Å²) >= 11 is 3.04. The van der Waals surface area contributed by atoms with Gasteiger partial charge in [0.15, 0.2) is 0 Å². The van der Waals surface area contributed by atoms with Crippen LogP contribution in [-0.4, -0.2) is 38.4 Å². The molecule has 2 aromatic heterocycles. The number of rotatable bonds is 7. The van der Waals surface area contributed by atoms with Crippen molar-refractivity contribution in [3.8, 4) is 0 Å². The number of nitrogens with zero attached hydrogens (tertiary/aromatic N) is 4. The molecule has 0 saturated heterocycles. The standard InChI is InChI=1S/C12H15N5OS2/c18-11(13-6-9-3-4-9)8-20-12-14-15-16-17(12)7-10-2-1-5-19-10/h1-2,5,9H,3-4,6-8H2,(H,13,18). The third kappa shape index (κ3) is 3.80. The van der Waals surface area contributed by atoms with Crippen LogP contribution in [-0.2, 0) is 11.3 Å². The van der Waals surface area contributed by atoms with Gasteiger partial charge in [0.25, 0.3) is 0 Å². The predicted molar refractivity (Wildman–Crippen MR) is 77.7 cm³/mol. The van der Waals surface area contributed by atoms with Crippen LogP contribution < -0.4 is 5.32 Å². The average Bonchev–Trinajstić information content (AvgIpc) is 2.95. The van der Waals surface area contributed by atoms with Crippen LogP contribution in [0.25, 0.3) is 0 Å². The molecule has 1 fully saturated rings. The second kappa shape index (κ2) is 6.36. The molecule has 0 spiro atoms. The topological polar surface area (TPSA) is 72.7 Å². The van der Waals surface area contributed by atoms with E-state index in [2.05, 4.69) is 20.8 Å². The Labute approximate surface area is 124 Å². The highest BCUT2D eigenvalue weighted by Gasteiger charge is 2.21. The normalized spacial score (nSPS) is 14.4. The minimum atomic E-state index is 0.0487. The SMILES string of the molecule is O=C(CSc1nnnn1Cc1cccs1)NCC1CC1. The molecule has 2 aromatic rings. The fourth-order valence-electron chi connectivity index (χ4n) is 1.71. The van der Waals surface area contributed by atoms with Gasteiger partial charge >= 0.3 is 0 Å². The molecule has 20 heavy (non-hydrogen) atoms. The average molecular weight is 309 g/mol. The number of amides is 1. The van der Waals surface area contributed by atoms with Gasteiger partial charge in [-0.3, -0.25) is 4.79 Å². The molecule has 1 saturated carbocycles. The fraction of sp³-hybridized carbons (Fsp3) is 0.500. The molecule has 3 rings (SSSR count). The van der Waals surface area contributed by atoms with E-state index < -0.39 is 0 Å². The number of hydrogen-bond donors (Lipinski definition) is 1. The van der Waals surface area contributed by atoms with Crippen molar-refractivity contribution >= 4 is 29.0 Å². The van der Waals surface area contributed by atoms with E-state index >= 15 is 0 Å². The van der Waals surface area contributed by atoms with Crippen LogP contribution in [0.15, 0.2) is 22.7 Å².